The summed E-state index contributed by atoms with van der Waals surface area (Å²) in [4.78, 5) is 16.5. The molecule has 1 atom stereocenters. The minimum absolute atomic E-state index is 0.226. The first-order chi connectivity index (χ1) is 16.5. The van der Waals surface area contributed by atoms with Gasteiger partial charge in [-0.15, -0.1) is 0 Å². The second-order valence-electron chi connectivity index (χ2n) is 7.94. The number of carbonyl (C=O) groups excluding carboxylic acids is 1. The Morgan fingerprint density at radius 2 is 1.94 bits per heavy atom. The third-order valence-corrected chi connectivity index (χ3v) is 5.66. The minimum atomic E-state index is -0.501. The van der Waals surface area contributed by atoms with E-state index in [1.54, 1.807) is 24.3 Å². The van der Waals surface area contributed by atoms with Crippen molar-refractivity contribution in [3.05, 3.63) is 83.8 Å². The van der Waals surface area contributed by atoms with Gasteiger partial charge in [0.1, 0.15) is 17.3 Å². The number of carbonyl (C=O) groups is 1. The number of aromatic nitrogens is 1. The van der Waals surface area contributed by atoms with Gasteiger partial charge in [0.2, 0.25) is 0 Å². The number of hydrogen-bond donors (Lipinski definition) is 3. The summed E-state index contributed by atoms with van der Waals surface area (Å²) in [5.74, 6) is -0.0225. The Kier molecular flexibility index (Phi) is 7.13. The summed E-state index contributed by atoms with van der Waals surface area (Å²) in [5.41, 5.74) is 3.52. The lowest BCUT2D eigenvalue weighted by atomic mass is 10.0. The number of aliphatic hydroxyl groups is 1. The van der Waals surface area contributed by atoms with Gasteiger partial charge in [0.05, 0.1) is 31.9 Å². The van der Waals surface area contributed by atoms with Crippen LogP contribution in [0.2, 0.25) is 0 Å². The molecule has 0 saturated carbocycles. The zero-order chi connectivity index (χ0) is 24.1. The summed E-state index contributed by atoms with van der Waals surface area (Å²) in [6, 6.07) is 16.9. The number of methoxy groups -OCH3 is 1. The molecule has 4 rings (SSSR count). The fraction of sp³-hybridized carbons (Fsp3) is 0.222. The first-order valence-electron chi connectivity index (χ1n) is 11.1. The number of hydrogen-bond acceptors (Lipinski definition) is 4. The van der Waals surface area contributed by atoms with E-state index in [1.807, 2.05) is 37.4 Å². The molecule has 0 spiro atoms. The van der Waals surface area contributed by atoms with Crippen molar-refractivity contribution in [1.29, 1.82) is 0 Å². The van der Waals surface area contributed by atoms with Crippen LogP contribution in [0.5, 0.6) is 11.5 Å². The number of H-pyrrole nitrogens is 1. The molecule has 0 aliphatic carbocycles. The fourth-order valence-electron chi connectivity index (χ4n) is 4.01. The minimum Gasteiger partial charge on any atom is -0.497 e. The van der Waals surface area contributed by atoms with Gasteiger partial charge in [0.25, 0.3) is 5.91 Å². The van der Waals surface area contributed by atoms with E-state index in [1.165, 1.54) is 19.2 Å². The van der Waals surface area contributed by atoms with Crippen LogP contribution in [0, 0.1) is 5.82 Å². The molecule has 0 bridgehead atoms. The van der Waals surface area contributed by atoms with Crippen LogP contribution in [-0.2, 0) is 6.42 Å². The molecular formula is C27H27FN2O4. The zero-order valence-electron chi connectivity index (χ0n) is 19.1. The summed E-state index contributed by atoms with van der Waals surface area (Å²) in [7, 11) is 1.47. The van der Waals surface area contributed by atoms with Crippen molar-refractivity contribution in [2.75, 3.05) is 20.3 Å². The Labute approximate surface area is 197 Å². The molecule has 4 aromatic rings. The number of ether oxygens (including phenoxy) is 2. The lowest BCUT2D eigenvalue weighted by molar-refractivity contribution is 0.0913. The van der Waals surface area contributed by atoms with Crippen molar-refractivity contribution >= 4 is 16.8 Å². The number of fused-ring (bicyclic) bond motifs is 1. The summed E-state index contributed by atoms with van der Waals surface area (Å²) in [5, 5.41) is 13.9. The maximum atomic E-state index is 14.1. The molecule has 3 N–H and O–H groups in total. The van der Waals surface area contributed by atoms with Crippen LogP contribution in [-0.4, -0.2) is 42.4 Å². The molecule has 176 valence electrons. The second kappa shape index (κ2) is 10.4. The fourth-order valence-corrected chi connectivity index (χ4v) is 4.01. The molecule has 1 heterocycles. The molecule has 0 aliphatic rings. The smallest absolute Gasteiger partial charge is 0.255 e. The first-order valence-corrected chi connectivity index (χ1v) is 11.1. The Morgan fingerprint density at radius 3 is 2.71 bits per heavy atom. The van der Waals surface area contributed by atoms with Crippen LogP contribution in [0.4, 0.5) is 4.39 Å². The number of halogens is 1. The standard InChI is InChI=1S/C27H27FN2O4/c1-3-34-26-9-8-17(18-10-20(28)14-22(12-18)33-2)13-24(26)27(32)30-21(16-31)11-19-15-29-25-7-5-4-6-23(19)25/h4-10,12-15,21,29,31H,3,11,16H2,1-2H3,(H,30,32)/t21-/m1/s1. The summed E-state index contributed by atoms with van der Waals surface area (Å²) in [6.45, 7) is 1.99. The maximum Gasteiger partial charge on any atom is 0.255 e. The van der Waals surface area contributed by atoms with Crippen molar-refractivity contribution in [3.8, 4) is 22.6 Å². The van der Waals surface area contributed by atoms with Crippen LogP contribution in [0.25, 0.3) is 22.0 Å². The number of benzene rings is 3. The second-order valence-corrected chi connectivity index (χ2v) is 7.94. The van der Waals surface area contributed by atoms with Crippen molar-refractivity contribution in [1.82, 2.24) is 10.3 Å². The molecule has 34 heavy (non-hydrogen) atoms. The van der Waals surface area contributed by atoms with Crippen molar-refractivity contribution in [2.45, 2.75) is 19.4 Å². The number of aromatic amines is 1. The third-order valence-electron chi connectivity index (χ3n) is 5.66. The molecule has 0 saturated heterocycles. The monoisotopic (exact) mass is 462 g/mol. The van der Waals surface area contributed by atoms with Gasteiger partial charge in [0.15, 0.2) is 0 Å². The predicted molar refractivity (Wildman–Crippen MR) is 130 cm³/mol. The number of rotatable bonds is 9. The molecule has 0 fully saturated rings. The molecule has 3 aromatic carbocycles. The van der Waals surface area contributed by atoms with Crippen LogP contribution in [0.15, 0.2) is 66.9 Å². The lowest BCUT2D eigenvalue weighted by Crippen LogP contribution is -2.39. The van der Waals surface area contributed by atoms with Gasteiger partial charge in [-0.1, -0.05) is 24.3 Å². The van der Waals surface area contributed by atoms with Crippen LogP contribution >= 0.6 is 0 Å². The highest BCUT2D eigenvalue weighted by Crippen LogP contribution is 2.30. The average molecular weight is 463 g/mol. The van der Waals surface area contributed by atoms with E-state index in [9.17, 15) is 14.3 Å². The van der Waals surface area contributed by atoms with E-state index in [-0.39, 0.29) is 12.5 Å². The average Bonchev–Trinajstić information content (AvgIpc) is 3.26. The SMILES string of the molecule is CCOc1ccc(-c2cc(F)cc(OC)c2)cc1C(=O)N[C@@H](CO)Cc1c[nH]c2ccccc12. The summed E-state index contributed by atoms with van der Waals surface area (Å²) < 4.78 is 24.9. The Hall–Kier alpha value is -3.84. The van der Waals surface area contributed by atoms with Crippen molar-refractivity contribution in [3.63, 3.8) is 0 Å². The quantitative estimate of drug-likeness (QED) is 0.336. The van der Waals surface area contributed by atoms with Gasteiger partial charge in [-0.05, 0) is 60.4 Å². The van der Waals surface area contributed by atoms with E-state index in [0.717, 1.165) is 16.5 Å². The van der Waals surface area contributed by atoms with Crippen LogP contribution in [0.3, 0.4) is 0 Å². The largest absolute Gasteiger partial charge is 0.497 e. The predicted octanol–water partition coefficient (Wildman–Crippen LogP) is 4.71. The lowest BCUT2D eigenvalue weighted by Gasteiger charge is -2.18. The van der Waals surface area contributed by atoms with Gasteiger partial charge >= 0.3 is 0 Å². The molecular weight excluding hydrogens is 435 g/mol. The molecule has 1 aromatic heterocycles. The number of nitrogens with one attached hydrogen (secondary N) is 2. The van der Waals surface area contributed by atoms with E-state index >= 15 is 0 Å². The van der Waals surface area contributed by atoms with Gasteiger partial charge in [-0.2, -0.15) is 0 Å². The molecule has 0 unspecified atom stereocenters. The highest BCUT2D eigenvalue weighted by molar-refractivity contribution is 5.98. The molecule has 0 radical (unpaired) electrons. The maximum absolute atomic E-state index is 14.1. The van der Waals surface area contributed by atoms with Crippen molar-refractivity contribution < 1.29 is 23.8 Å². The van der Waals surface area contributed by atoms with Gasteiger partial charge in [0, 0.05) is 23.2 Å². The summed E-state index contributed by atoms with van der Waals surface area (Å²) >= 11 is 0. The Morgan fingerprint density at radius 1 is 1.12 bits per heavy atom. The van der Waals surface area contributed by atoms with Crippen molar-refractivity contribution in [2.24, 2.45) is 0 Å². The number of aliphatic hydroxyl groups excluding tert-OH is 1. The van der Waals surface area contributed by atoms with Gasteiger partial charge in [-0.3, -0.25) is 4.79 Å². The highest BCUT2D eigenvalue weighted by Gasteiger charge is 2.20. The van der Waals surface area contributed by atoms with Gasteiger partial charge < -0.3 is 24.9 Å². The van der Waals surface area contributed by atoms with E-state index in [4.69, 9.17) is 9.47 Å². The molecule has 1 amide bonds. The Bertz CT molecular complexity index is 1300. The van der Waals surface area contributed by atoms with E-state index in [0.29, 0.717) is 41.2 Å². The summed E-state index contributed by atoms with van der Waals surface area (Å²) in [6.07, 6.45) is 2.35. The van der Waals surface area contributed by atoms with Crippen LogP contribution < -0.4 is 14.8 Å². The number of para-hydroxylation sites is 1. The third kappa shape index (κ3) is 5.05. The van der Waals surface area contributed by atoms with Gasteiger partial charge in [-0.25, -0.2) is 4.39 Å². The molecule has 6 nitrogen and oxygen atoms in total. The normalized spacial score (nSPS) is 11.9. The van der Waals surface area contributed by atoms with Crippen LogP contribution in [0.1, 0.15) is 22.8 Å². The Balaban J connectivity index is 1.61. The molecule has 7 heteroatoms. The highest BCUT2D eigenvalue weighted by atomic mass is 19.1. The zero-order valence-corrected chi connectivity index (χ0v) is 19.1. The number of amides is 1. The van der Waals surface area contributed by atoms with E-state index in [2.05, 4.69) is 10.3 Å². The van der Waals surface area contributed by atoms with E-state index < -0.39 is 11.9 Å². The topological polar surface area (TPSA) is 83.6 Å². The molecule has 0 aliphatic heterocycles. The first kappa shape index (κ1) is 23.3.